The zero-order valence-corrected chi connectivity index (χ0v) is 9.54. The summed E-state index contributed by atoms with van der Waals surface area (Å²) < 4.78 is 0. The molecule has 0 aliphatic carbocycles. The molecule has 1 unspecified atom stereocenters. The highest BCUT2D eigenvalue weighted by Gasteiger charge is 2.30. The third kappa shape index (κ3) is 3.00. The zero-order chi connectivity index (χ0) is 10.4. The molecular formula is C12H23NO. The summed E-state index contributed by atoms with van der Waals surface area (Å²) in [4.78, 5) is 12.3. The Morgan fingerprint density at radius 1 is 1.36 bits per heavy atom. The number of unbranched alkanes of at least 4 members (excludes halogenated alkanes) is 2. The van der Waals surface area contributed by atoms with E-state index >= 15 is 0 Å². The van der Waals surface area contributed by atoms with E-state index in [-0.39, 0.29) is 0 Å². The molecule has 1 rings (SSSR count). The fourth-order valence-electron chi connectivity index (χ4n) is 2.36. The van der Waals surface area contributed by atoms with Crippen LogP contribution in [-0.4, -0.2) is 24.4 Å². The summed E-state index contributed by atoms with van der Waals surface area (Å²) in [5.41, 5.74) is 0. The van der Waals surface area contributed by atoms with Crippen molar-refractivity contribution in [2.75, 3.05) is 13.1 Å². The molecular weight excluding hydrogens is 174 g/mol. The normalized spacial score (nSPS) is 19.1. The van der Waals surface area contributed by atoms with Crippen LogP contribution in [0.3, 0.4) is 0 Å². The second-order valence-corrected chi connectivity index (χ2v) is 4.48. The standard InChI is InChI=1S/C12H23NO/c1-3-5-6-7-11(4-2)12-8-13(9-12)10-14/h10-12H,3-9H2,1-2H3. The first-order valence-corrected chi connectivity index (χ1v) is 6.01. The molecule has 1 saturated heterocycles. The number of carbonyl (C=O) groups excluding carboxylic acids is 1. The van der Waals surface area contributed by atoms with Crippen molar-refractivity contribution in [1.29, 1.82) is 0 Å². The highest BCUT2D eigenvalue weighted by atomic mass is 16.1. The Hall–Kier alpha value is -0.530. The molecule has 1 atom stereocenters. The Morgan fingerprint density at radius 2 is 2.07 bits per heavy atom. The lowest BCUT2D eigenvalue weighted by Gasteiger charge is -2.41. The van der Waals surface area contributed by atoms with Gasteiger partial charge in [-0.1, -0.05) is 46.0 Å². The number of amides is 1. The predicted molar refractivity (Wildman–Crippen MR) is 59.1 cm³/mol. The fraction of sp³-hybridized carbons (Fsp3) is 0.917. The topological polar surface area (TPSA) is 20.3 Å². The SMILES string of the molecule is CCCCCC(CC)C1CN(C=O)C1. The molecule has 0 spiro atoms. The van der Waals surface area contributed by atoms with Crippen LogP contribution in [0.25, 0.3) is 0 Å². The zero-order valence-electron chi connectivity index (χ0n) is 9.54. The van der Waals surface area contributed by atoms with Gasteiger partial charge in [-0.25, -0.2) is 0 Å². The molecule has 0 aromatic rings. The molecule has 2 heteroatoms. The van der Waals surface area contributed by atoms with Crippen LogP contribution >= 0.6 is 0 Å². The summed E-state index contributed by atoms with van der Waals surface area (Å²) in [5, 5.41) is 0. The molecule has 82 valence electrons. The number of nitrogens with zero attached hydrogens (tertiary/aromatic N) is 1. The van der Waals surface area contributed by atoms with E-state index in [1.54, 1.807) is 0 Å². The summed E-state index contributed by atoms with van der Waals surface area (Å²) in [6.07, 6.45) is 7.66. The molecule has 0 bridgehead atoms. The highest BCUT2D eigenvalue weighted by molar-refractivity contribution is 5.48. The second kappa shape index (κ2) is 6.05. The summed E-state index contributed by atoms with van der Waals surface area (Å²) in [6, 6.07) is 0. The minimum absolute atomic E-state index is 0.794. The number of hydrogen-bond donors (Lipinski definition) is 0. The van der Waals surface area contributed by atoms with Gasteiger partial charge in [-0.15, -0.1) is 0 Å². The minimum atomic E-state index is 0.794. The maximum absolute atomic E-state index is 10.4. The first kappa shape index (κ1) is 11.5. The van der Waals surface area contributed by atoms with Crippen molar-refractivity contribution in [3.63, 3.8) is 0 Å². The third-order valence-corrected chi connectivity index (χ3v) is 3.46. The van der Waals surface area contributed by atoms with Crippen LogP contribution in [0.2, 0.25) is 0 Å². The van der Waals surface area contributed by atoms with Gasteiger partial charge in [0, 0.05) is 13.1 Å². The van der Waals surface area contributed by atoms with E-state index in [2.05, 4.69) is 13.8 Å². The monoisotopic (exact) mass is 197 g/mol. The largest absolute Gasteiger partial charge is 0.345 e. The quantitative estimate of drug-likeness (QED) is 0.454. The summed E-state index contributed by atoms with van der Waals surface area (Å²) >= 11 is 0. The number of rotatable bonds is 7. The van der Waals surface area contributed by atoms with Gasteiger partial charge in [-0.2, -0.15) is 0 Å². The molecule has 0 N–H and O–H groups in total. The van der Waals surface area contributed by atoms with E-state index in [0.29, 0.717) is 0 Å². The van der Waals surface area contributed by atoms with E-state index in [4.69, 9.17) is 0 Å². The van der Waals surface area contributed by atoms with Gasteiger partial charge in [-0.3, -0.25) is 4.79 Å². The molecule has 14 heavy (non-hydrogen) atoms. The van der Waals surface area contributed by atoms with Gasteiger partial charge in [-0.05, 0) is 11.8 Å². The van der Waals surface area contributed by atoms with Crippen LogP contribution in [-0.2, 0) is 4.79 Å². The van der Waals surface area contributed by atoms with Gasteiger partial charge in [0.2, 0.25) is 6.41 Å². The Kier molecular flexibility index (Phi) is 4.99. The van der Waals surface area contributed by atoms with Crippen LogP contribution < -0.4 is 0 Å². The minimum Gasteiger partial charge on any atom is -0.345 e. The molecule has 0 radical (unpaired) electrons. The van der Waals surface area contributed by atoms with Gasteiger partial charge in [0.05, 0.1) is 0 Å². The van der Waals surface area contributed by atoms with E-state index in [0.717, 1.165) is 31.3 Å². The maximum atomic E-state index is 10.4. The predicted octanol–water partition coefficient (Wildman–Crippen LogP) is 2.68. The van der Waals surface area contributed by atoms with Crippen molar-refractivity contribution in [3.8, 4) is 0 Å². The van der Waals surface area contributed by atoms with Gasteiger partial charge < -0.3 is 4.90 Å². The van der Waals surface area contributed by atoms with Crippen molar-refractivity contribution < 1.29 is 4.79 Å². The van der Waals surface area contributed by atoms with Crippen molar-refractivity contribution >= 4 is 6.41 Å². The number of hydrogen-bond acceptors (Lipinski definition) is 1. The van der Waals surface area contributed by atoms with Gasteiger partial charge in [0.25, 0.3) is 0 Å². The van der Waals surface area contributed by atoms with E-state index in [1.165, 1.54) is 32.1 Å². The Morgan fingerprint density at radius 3 is 2.57 bits per heavy atom. The lowest BCUT2D eigenvalue weighted by molar-refractivity contribution is -0.125. The van der Waals surface area contributed by atoms with E-state index in [1.807, 2.05) is 4.90 Å². The average molecular weight is 197 g/mol. The lowest BCUT2D eigenvalue weighted by Crippen LogP contribution is -2.48. The Balaban J connectivity index is 2.16. The lowest BCUT2D eigenvalue weighted by atomic mass is 9.81. The number of likely N-dealkylation sites (tertiary alicyclic amines) is 1. The van der Waals surface area contributed by atoms with E-state index < -0.39 is 0 Å². The molecule has 1 aliphatic heterocycles. The molecule has 2 nitrogen and oxygen atoms in total. The third-order valence-electron chi connectivity index (χ3n) is 3.46. The van der Waals surface area contributed by atoms with Gasteiger partial charge in [0.1, 0.15) is 0 Å². The average Bonchev–Trinajstić information content (AvgIpc) is 2.14. The molecule has 1 aliphatic rings. The second-order valence-electron chi connectivity index (χ2n) is 4.48. The van der Waals surface area contributed by atoms with Gasteiger partial charge >= 0.3 is 0 Å². The van der Waals surface area contributed by atoms with Crippen molar-refractivity contribution in [2.45, 2.75) is 46.0 Å². The maximum Gasteiger partial charge on any atom is 0.209 e. The first-order valence-electron chi connectivity index (χ1n) is 6.01. The van der Waals surface area contributed by atoms with Crippen LogP contribution in [0.15, 0.2) is 0 Å². The summed E-state index contributed by atoms with van der Waals surface area (Å²) in [7, 11) is 0. The molecule has 0 aromatic heterocycles. The Bertz CT molecular complexity index is 164. The summed E-state index contributed by atoms with van der Waals surface area (Å²) in [5.74, 6) is 1.65. The van der Waals surface area contributed by atoms with Crippen LogP contribution in [0.5, 0.6) is 0 Å². The van der Waals surface area contributed by atoms with Crippen molar-refractivity contribution in [2.24, 2.45) is 11.8 Å². The molecule has 1 heterocycles. The Labute approximate surface area is 87.7 Å². The molecule has 0 saturated carbocycles. The highest BCUT2D eigenvalue weighted by Crippen LogP contribution is 2.29. The molecule has 0 aromatic carbocycles. The van der Waals surface area contributed by atoms with Crippen molar-refractivity contribution in [1.82, 2.24) is 4.90 Å². The first-order chi connectivity index (χ1) is 6.81. The molecule has 1 amide bonds. The van der Waals surface area contributed by atoms with Gasteiger partial charge in [0.15, 0.2) is 0 Å². The van der Waals surface area contributed by atoms with E-state index in [9.17, 15) is 4.79 Å². The van der Waals surface area contributed by atoms with Crippen LogP contribution in [0.1, 0.15) is 46.0 Å². The smallest absolute Gasteiger partial charge is 0.209 e. The number of carbonyl (C=O) groups is 1. The van der Waals surface area contributed by atoms with Crippen LogP contribution in [0, 0.1) is 11.8 Å². The van der Waals surface area contributed by atoms with Crippen LogP contribution in [0.4, 0.5) is 0 Å². The summed E-state index contributed by atoms with van der Waals surface area (Å²) in [6.45, 7) is 6.54. The van der Waals surface area contributed by atoms with Crippen molar-refractivity contribution in [3.05, 3.63) is 0 Å². The molecule has 1 fully saturated rings. The fourth-order valence-corrected chi connectivity index (χ4v) is 2.36.